The SMILES string of the molecule is O[C@@H]1CN(Cc2ccc(F)cc2F)C[C@@H]1O. The number of aliphatic hydroxyl groups excluding tert-OH is 2. The fraction of sp³-hybridized carbons (Fsp3) is 0.455. The molecule has 0 spiro atoms. The number of halogens is 2. The Kier molecular flexibility index (Phi) is 3.18. The third-order valence-electron chi connectivity index (χ3n) is 2.74. The Morgan fingerprint density at radius 2 is 1.81 bits per heavy atom. The second kappa shape index (κ2) is 4.45. The van der Waals surface area contributed by atoms with E-state index in [4.69, 9.17) is 0 Å². The van der Waals surface area contributed by atoms with Gasteiger partial charge in [0.15, 0.2) is 0 Å². The van der Waals surface area contributed by atoms with Crippen LogP contribution in [-0.4, -0.2) is 40.4 Å². The van der Waals surface area contributed by atoms with Crippen LogP contribution in [0.4, 0.5) is 8.78 Å². The number of likely N-dealkylation sites (tertiary alicyclic amines) is 1. The Morgan fingerprint density at radius 1 is 1.19 bits per heavy atom. The first kappa shape index (κ1) is 11.4. The van der Waals surface area contributed by atoms with Crippen molar-refractivity contribution in [2.24, 2.45) is 0 Å². The van der Waals surface area contributed by atoms with E-state index in [1.165, 1.54) is 12.1 Å². The summed E-state index contributed by atoms with van der Waals surface area (Å²) in [6, 6.07) is 3.40. The van der Waals surface area contributed by atoms with Gasteiger partial charge >= 0.3 is 0 Å². The van der Waals surface area contributed by atoms with Gasteiger partial charge in [-0.1, -0.05) is 6.07 Å². The van der Waals surface area contributed by atoms with Crippen LogP contribution in [-0.2, 0) is 6.54 Å². The summed E-state index contributed by atoms with van der Waals surface area (Å²) in [5, 5.41) is 18.6. The van der Waals surface area contributed by atoms with Crippen LogP contribution in [0.25, 0.3) is 0 Å². The molecule has 88 valence electrons. The van der Waals surface area contributed by atoms with Crippen LogP contribution in [0.2, 0.25) is 0 Å². The van der Waals surface area contributed by atoms with Crippen molar-refractivity contribution in [2.45, 2.75) is 18.8 Å². The minimum atomic E-state index is -0.788. The number of aliphatic hydroxyl groups is 2. The van der Waals surface area contributed by atoms with Crippen molar-refractivity contribution >= 4 is 0 Å². The van der Waals surface area contributed by atoms with Crippen LogP contribution in [0.3, 0.4) is 0 Å². The molecule has 5 heteroatoms. The Morgan fingerprint density at radius 3 is 2.38 bits per heavy atom. The molecule has 0 bridgehead atoms. The second-order valence-corrected chi connectivity index (χ2v) is 4.06. The van der Waals surface area contributed by atoms with Crippen LogP contribution in [0.15, 0.2) is 18.2 Å². The van der Waals surface area contributed by atoms with E-state index in [2.05, 4.69) is 0 Å². The standard InChI is InChI=1S/C11H13F2NO2/c12-8-2-1-7(9(13)3-8)4-14-5-10(15)11(16)6-14/h1-3,10-11,15-16H,4-6H2/t10-,11+. The van der Waals surface area contributed by atoms with Crippen molar-refractivity contribution in [1.29, 1.82) is 0 Å². The van der Waals surface area contributed by atoms with Gasteiger partial charge in [-0.05, 0) is 6.07 Å². The maximum atomic E-state index is 13.3. The van der Waals surface area contributed by atoms with Gasteiger partial charge in [-0.3, -0.25) is 4.90 Å². The molecule has 2 atom stereocenters. The molecule has 1 aromatic rings. The fourth-order valence-electron chi connectivity index (χ4n) is 1.87. The lowest BCUT2D eigenvalue weighted by Gasteiger charge is -2.15. The first-order chi connectivity index (χ1) is 7.56. The minimum absolute atomic E-state index is 0.264. The summed E-state index contributed by atoms with van der Waals surface area (Å²) in [6.07, 6.45) is -1.58. The van der Waals surface area contributed by atoms with Crippen LogP contribution >= 0.6 is 0 Å². The number of benzene rings is 1. The smallest absolute Gasteiger partial charge is 0.130 e. The van der Waals surface area contributed by atoms with Gasteiger partial charge in [0.05, 0.1) is 12.2 Å². The third-order valence-corrected chi connectivity index (χ3v) is 2.74. The first-order valence-corrected chi connectivity index (χ1v) is 5.08. The average molecular weight is 229 g/mol. The Labute approximate surface area is 91.9 Å². The van der Waals surface area contributed by atoms with Gasteiger partial charge in [0.25, 0.3) is 0 Å². The van der Waals surface area contributed by atoms with E-state index in [0.717, 1.165) is 6.07 Å². The molecule has 1 aliphatic rings. The van der Waals surface area contributed by atoms with Gasteiger partial charge in [-0.15, -0.1) is 0 Å². The van der Waals surface area contributed by atoms with Gasteiger partial charge in [0.2, 0.25) is 0 Å². The third kappa shape index (κ3) is 2.37. The fourth-order valence-corrected chi connectivity index (χ4v) is 1.87. The molecule has 0 aromatic heterocycles. The van der Waals surface area contributed by atoms with Crippen LogP contribution in [0.5, 0.6) is 0 Å². The molecule has 0 saturated carbocycles. The molecule has 3 nitrogen and oxygen atoms in total. The van der Waals surface area contributed by atoms with Gasteiger partial charge in [0, 0.05) is 31.3 Å². The molecule has 1 fully saturated rings. The van der Waals surface area contributed by atoms with E-state index >= 15 is 0 Å². The molecule has 0 amide bonds. The zero-order chi connectivity index (χ0) is 11.7. The lowest BCUT2D eigenvalue weighted by atomic mass is 10.2. The van der Waals surface area contributed by atoms with Gasteiger partial charge in [0.1, 0.15) is 11.6 Å². The summed E-state index contributed by atoms with van der Waals surface area (Å²) in [5.41, 5.74) is 0.364. The summed E-state index contributed by atoms with van der Waals surface area (Å²) in [4.78, 5) is 1.73. The van der Waals surface area contributed by atoms with Crippen LogP contribution in [0.1, 0.15) is 5.56 Å². The normalized spacial score (nSPS) is 26.2. The predicted octanol–water partition coefficient (Wildman–Crippen LogP) is 0.502. The van der Waals surface area contributed by atoms with Gasteiger partial charge < -0.3 is 10.2 Å². The van der Waals surface area contributed by atoms with Crippen molar-refractivity contribution in [3.05, 3.63) is 35.4 Å². The minimum Gasteiger partial charge on any atom is -0.389 e. The molecule has 2 N–H and O–H groups in total. The van der Waals surface area contributed by atoms with Crippen LogP contribution in [0, 0.1) is 11.6 Å². The molecule has 1 saturated heterocycles. The largest absolute Gasteiger partial charge is 0.389 e. The van der Waals surface area contributed by atoms with E-state index in [9.17, 15) is 19.0 Å². The number of hydrogen-bond donors (Lipinski definition) is 2. The van der Waals surface area contributed by atoms with Crippen molar-refractivity contribution < 1.29 is 19.0 Å². The number of β-amino-alcohol motifs (C(OH)–C–C–N with tert-alkyl or cyclic N) is 2. The highest BCUT2D eigenvalue weighted by Gasteiger charge is 2.29. The molecule has 0 unspecified atom stereocenters. The summed E-state index contributed by atoms with van der Waals surface area (Å²) in [6.45, 7) is 0.871. The summed E-state index contributed by atoms with van der Waals surface area (Å²) >= 11 is 0. The zero-order valence-electron chi connectivity index (χ0n) is 8.61. The second-order valence-electron chi connectivity index (χ2n) is 4.06. The summed E-state index contributed by atoms with van der Waals surface area (Å²) in [5.74, 6) is -1.21. The number of rotatable bonds is 2. The molecule has 16 heavy (non-hydrogen) atoms. The van der Waals surface area contributed by atoms with Crippen molar-refractivity contribution in [2.75, 3.05) is 13.1 Å². The number of hydrogen-bond acceptors (Lipinski definition) is 3. The molecular formula is C11H13F2NO2. The summed E-state index contributed by atoms with van der Waals surface area (Å²) in [7, 11) is 0. The van der Waals surface area contributed by atoms with E-state index < -0.39 is 23.8 Å². The van der Waals surface area contributed by atoms with E-state index in [1.54, 1.807) is 4.90 Å². The quantitative estimate of drug-likeness (QED) is 0.776. The molecule has 1 aromatic carbocycles. The van der Waals surface area contributed by atoms with E-state index in [1.807, 2.05) is 0 Å². The van der Waals surface area contributed by atoms with E-state index in [0.29, 0.717) is 18.7 Å². The van der Waals surface area contributed by atoms with Crippen LogP contribution < -0.4 is 0 Å². The highest BCUT2D eigenvalue weighted by molar-refractivity contribution is 5.18. The van der Waals surface area contributed by atoms with E-state index in [-0.39, 0.29) is 6.54 Å². The first-order valence-electron chi connectivity index (χ1n) is 5.08. The molecule has 2 rings (SSSR count). The topological polar surface area (TPSA) is 43.7 Å². The Balaban J connectivity index is 2.05. The highest BCUT2D eigenvalue weighted by Crippen LogP contribution is 2.16. The monoisotopic (exact) mass is 229 g/mol. The molecule has 0 radical (unpaired) electrons. The Bertz CT molecular complexity index is 376. The van der Waals surface area contributed by atoms with Gasteiger partial charge in [-0.25, -0.2) is 8.78 Å². The molecule has 1 aliphatic heterocycles. The lowest BCUT2D eigenvalue weighted by molar-refractivity contribution is 0.0572. The average Bonchev–Trinajstić information content (AvgIpc) is 2.51. The van der Waals surface area contributed by atoms with Gasteiger partial charge in [-0.2, -0.15) is 0 Å². The Hall–Kier alpha value is -1.04. The van der Waals surface area contributed by atoms with Crippen molar-refractivity contribution in [3.63, 3.8) is 0 Å². The molecule has 0 aliphatic carbocycles. The highest BCUT2D eigenvalue weighted by atomic mass is 19.1. The molecular weight excluding hydrogens is 216 g/mol. The lowest BCUT2D eigenvalue weighted by Crippen LogP contribution is -2.22. The van der Waals surface area contributed by atoms with Crippen molar-refractivity contribution in [3.8, 4) is 0 Å². The molecule has 1 heterocycles. The predicted molar refractivity (Wildman–Crippen MR) is 53.6 cm³/mol. The van der Waals surface area contributed by atoms with Crippen molar-refractivity contribution in [1.82, 2.24) is 4.90 Å². The number of nitrogens with zero attached hydrogens (tertiary/aromatic N) is 1. The maximum Gasteiger partial charge on any atom is 0.130 e. The zero-order valence-corrected chi connectivity index (χ0v) is 8.61. The maximum absolute atomic E-state index is 13.3. The summed E-state index contributed by atoms with van der Waals surface area (Å²) < 4.78 is 26.0.